The van der Waals surface area contributed by atoms with Gasteiger partial charge in [-0.3, -0.25) is 9.59 Å². The van der Waals surface area contributed by atoms with Crippen molar-refractivity contribution < 1.29 is 49.3 Å². The van der Waals surface area contributed by atoms with Gasteiger partial charge in [0.2, 0.25) is 5.91 Å². The lowest BCUT2D eigenvalue weighted by Gasteiger charge is -2.41. The van der Waals surface area contributed by atoms with E-state index in [2.05, 4.69) is 62.5 Å². The molecule has 0 radical (unpaired) electrons. The summed E-state index contributed by atoms with van der Waals surface area (Å²) in [7, 11) is 0. The van der Waals surface area contributed by atoms with Crippen molar-refractivity contribution in [3.8, 4) is 0 Å². The molecule has 70 heavy (non-hydrogen) atoms. The Kier molecular flexibility index (Phi) is 44.2. The number of ether oxygens (including phenoxy) is 3. The fourth-order valence-corrected chi connectivity index (χ4v) is 8.64. The van der Waals surface area contributed by atoms with E-state index in [9.17, 15) is 35.1 Å². The van der Waals surface area contributed by atoms with E-state index in [4.69, 9.17) is 14.2 Å². The zero-order chi connectivity index (χ0) is 51.1. The lowest BCUT2D eigenvalue weighted by atomic mass is 9.99. The van der Waals surface area contributed by atoms with Gasteiger partial charge in [0.25, 0.3) is 0 Å². The molecular weight excluding hydrogens is 883 g/mol. The van der Waals surface area contributed by atoms with Crippen LogP contribution in [-0.2, 0) is 23.8 Å². The number of amides is 1. The first-order chi connectivity index (χ1) is 34.2. The number of allylic oxidation sites excluding steroid dienone is 9. The third kappa shape index (κ3) is 35.5. The number of hydrogen-bond acceptors (Lipinski definition) is 10. The second kappa shape index (κ2) is 47.4. The van der Waals surface area contributed by atoms with Gasteiger partial charge in [0, 0.05) is 6.42 Å². The monoisotopic (exact) mass is 988 g/mol. The van der Waals surface area contributed by atoms with Crippen LogP contribution in [0.4, 0.5) is 0 Å². The minimum atomic E-state index is -1.62. The van der Waals surface area contributed by atoms with Crippen molar-refractivity contribution in [3.63, 3.8) is 0 Å². The average molecular weight is 988 g/mol. The van der Waals surface area contributed by atoms with Crippen molar-refractivity contribution in [1.82, 2.24) is 5.32 Å². The van der Waals surface area contributed by atoms with Crippen LogP contribution in [0.25, 0.3) is 0 Å². The summed E-state index contributed by atoms with van der Waals surface area (Å²) in [5, 5.41) is 56.8. The first-order valence-corrected chi connectivity index (χ1v) is 28.6. The summed E-state index contributed by atoms with van der Waals surface area (Å²) in [4.78, 5) is 26.4. The van der Waals surface area contributed by atoms with Crippen molar-refractivity contribution in [1.29, 1.82) is 0 Å². The fourth-order valence-electron chi connectivity index (χ4n) is 8.64. The molecule has 0 aromatic carbocycles. The highest BCUT2D eigenvalue weighted by atomic mass is 16.7. The molecule has 11 heteroatoms. The summed E-state index contributed by atoms with van der Waals surface area (Å²) >= 11 is 0. The first-order valence-electron chi connectivity index (χ1n) is 28.6. The lowest BCUT2D eigenvalue weighted by molar-refractivity contribution is -0.305. The van der Waals surface area contributed by atoms with Crippen LogP contribution in [0.15, 0.2) is 60.8 Å². The first kappa shape index (κ1) is 65.4. The minimum absolute atomic E-state index is 0.101. The molecule has 1 heterocycles. The van der Waals surface area contributed by atoms with Gasteiger partial charge in [0.15, 0.2) is 12.4 Å². The SMILES string of the molecule is CC/C=C/C=C/C=C/CCCCCCCCC(O)C(=O)NC(COC1OC(CO)C(O)C(O)C1OC(=O)CCCCC/C=C\CCCCCCCCC)C(O)/C=C/CCCCCCCCCCCCC. The Morgan fingerprint density at radius 3 is 1.57 bits per heavy atom. The van der Waals surface area contributed by atoms with Gasteiger partial charge in [-0.1, -0.05) is 223 Å². The van der Waals surface area contributed by atoms with Crippen molar-refractivity contribution in [2.24, 2.45) is 0 Å². The number of hydrogen-bond donors (Lipinski definition) is 6. The van der Waals surface area contributed by atoms with E-state index in [0.29, 0.717) is 12.8 Å². The number of aliphatic hydroxyl groups excluding tert-OH is 5. The Morgan fingerprint density at radius 2 is 1.04 bits per heavy atom. The minimum Gasteiger partial charge on any atom is -0.454 e. The standard InChI is InChI=1S/C59H105NO10/c1-4-7-10-13-16-19-22-25-28-31-34-37-40-43-46-52(63)58(67)60-50(51(62)45-42-39-36-33-30-27-24-21-18-15-12-9-6-3)49-68-59-57(56(66)55(65)53(48-61)69-59)70-54(64)47-44-41-38-35-32-29-26-23-20-17-14-11-8-5-2/h7,10,13,16,19,22,29,32,42,45,50-53,55-57,59,61-63,65-66H,4-6,8-9,11-12,14-15,17-18,20-21,23-28,30-31,33-41,43-44,46-49H2,1-3H3,(H,60,67)/b10-7+,16-13+,22-19+,32-29-,45-42+. The second-order valence-electron chi connectivity index (χ2n) is 19.7. The zero-order valence-corrected chi connectivity index (χ0v) is 44.6. The van der Waals surface area contributed by atoms with Gasteiger partial charge in [-0.05, 0) is 70.6 Å². The van der Waals surface area contributed by atoms with Crippen LogP contribution in [0.3, 0.4) is 0 Å². The Balaban J connectivity index is 2.77. The van der Waals surface area contributed by atoms with E-state index in [0.717, 1.165) is 89.9 Å². The van der Waals surface area contributed by atoms with Gasteiger partial charge in [-0.2, -0.15) is 0 Å². The molecule has 0 aromatic heterocycles. The van der Waals surface area contributed by atoms with Crippen molar-refractivity contribution in [2.45, 2.75) is 288 Å². The lowest BCUT2D eigenvalue weighted by Crippen LogP contribution is -2.61. The van der Waals surface area contributed by atoms with Crippen LogP contribution in [0.5, 0.6) is 0 Å². The number of aliphatic hydroxyl groups is 5. The molecule has 0 bridgehead atoms. The molecule has 1 amide bonds. The molecule has 6 N–H and O–H groups in total. The highest BCUT2D eigenvalue weighted by Crippen LogP contribution is 2.26. The summed E-state index contributed by atoms with van der Waals surface area (Å²) in [6, 6.07) is -1.03. The summed E-state index contributed by atoms with van der Waals surface area (Å²) < 4.78 is 17.5. The second-order valence-corrected chi connectivity index (χ2v) is 19.7. The smallest absolute Gasteiger partial charge is 0.306 e. The number of esters is 1. The summed E-state index contributed by atoms with van der Waals surface area (Å²) in [5.74, 6) is -1.22. The summed E-state index contributed by atoms with van der Waals surface area (Å²) in [6.45, 7) is 5.62. The third-order valence-corrected chi connectivity index (χ3v) is 13.2. The average Bonchev–Trinajstić information content (AvgIpc) is 3.36. The zero-order valence-electron chi connectivity index (χ0n) is 44.6. The van der Waals surface area contributed by atoms with E-state index in [1.54, 1.807) is 6.08 Å². The molecule has 1 aliphatic rings. The molecule has 11 nitrogen and oxygen atoms in total. The number of carbonyl (C=O) groups excluding carboxylic acids is 2. The van der Waals surface area contributed by atoms with E-state index in [-0.39, 0.29) is 19.4 Å². The van der Waals surface area contributed by atoms with Crippen LogP contribution in [0, 0.1) is 0 Å². The van der Waals surface area contributed by atoms with Gasteiger partial charge in [0.1, 0.15) is 24.4 Å². The Morgan fingerprint density at radius 1 is 0.571 bits per heavy atom. The number of unbranched alkanes of at least 4 members (excludes halogenated alkanes) is 27. The van der Waals surface area contributed by atoms with Crippen molar-refractivity contribution in [3.05, 3.63) is 60.8 Å². The fraction of sp³-hybridized carbons (Fsp3) is 0.797. The number of nitrogens with one attached hydrogen (secondary N) is 1. The van der Waals surface area contributed by atoms with Crippen molar-refractivity contribution in [2.75, 3.05) is 13.2 Å². The van der Waals surface area contributed by atoms with Crippen LogP contribution < -0.4 is 5.32 Å². The molecule has 1 rings (SSSR count). The normalized spacial score (nSPS) is 20.1. The maximum atomic E-state index is 13.4. The Bertz CT molecular complexity index is 1370. The molecule has 1 aliphatic heterocycles. The number of carbonyl (C=O) groups is 2. The quantitative estimate of drug-likeness (QED) is 0.0149. The summed E-state index contributed by atoms with van der Waals surface area (Å²) in [6.07, 6.45) is 46.9. The maximum Gasteiger partial charge on any atom is 0.306 e. The molecule has 0 spiro atoms. The molecule has 1 fully saturated rings. The number of rotatable bonds is 47. The predicted octanol–water partition coefficient (Wildman–Crippen LogP) is 12.7. The van der Waals surface area contributed by atoms with E-state index >= 15 is 0 Å². The highest BCUT2D eigenvalue weighted by Gasteiger charge is 2.47. The van der Waals surface area contributed by atoms with Crippen LogP contribution in [0.1, 0.15) is 239 Å². The van der Waals surface area contributed by atoms with Gasteiger partial charge in [-0.15, -0.1) is 0 Å². The van der Waals surface area contributed by atoms with E-state index in [1.807, 2.05) is 18.2 Å². The Hall–Kier alpha value is -2.64. The molecule has 8 atom stereocenters. The largest absolute Gasteiger partial charge is 0.454 e. The van der Waals surface area contributed by atoms with Gasteiger partial charge < -0.3 is 45.1 Å². The molecular formula is C59H105NO10. The van der Waals surface area contributed by atoms with Gasteiger partial charge in [0.05, 0.1) is 25.4 Å². The van der Waals surface area contributed by atoms with E-state index < -0.39 is 67.4 Å². The molecule has 0 aliphatic carbocycles. The third-order valence-electron chi connectivity index (χ3n) is 13.2. The molecule has 1 saturated heterocycles. The van der Waals surface area contributed by atoms with Gasteiger partial charge >= 0.3 is 5.97 Å². The topological polar surface area (TPSA) is 175 Å². The van der Waals surface area contributed by atoms with Crippen molar-refractivity contribution >= 4 is 11.9 Å². The maximum absolute atomic E-state index is 13.4. The van der Waals surface area contributed by atoms with Crippen LogP contribution in [0.2, 0.25) is 0 Å². The van der Waals surface area contributed by atoms with Crippen LogP contribution in [-0.4, -0.2) is 99.6 Å². The molecule has 8 unspecified atom stereocenters. The van der Waals surface area contributed by atoms with Gasteiger partial charge in [-0.25, -0.2) is 0 Å². The van der Waals surface area contributed by atoms with E-state index in [1.165, 1.54) is 103 Å². The van der Waals surface area contributed by atoms with Crippen LogP contribution >= 0.6 is 0 Å². The Labute approximate surface area is 427 Å². The highest BCUT2D eigenvalue weighted by molar-refractivity contribution is 5.80. The molecule has 0 aromatic rings. The molecule has 406 valence electrons. The summed E-state index contributed by atoms with van der Waals surface area (Å²) in [5.41, 5.74) is 0. The molecule has 0 saturated carbocycles. The predicted molar refractivity (Wildman–Crippen MR) is 287 cm³/mol.